The maximum Gasteiger partial charge on any atom is 0.340 e. The van der Waals surface area contributed by atoms with Gasteiger partial charge in [0.1, 0.15) is 0 Å². The number of benzene rings is 1. The second-order valence-electron chi connectivity index (χ2n) is 5.34. The van der Waals surface area contributed by atoms with Crippen LogP contribution in [0.1, 0.15) is 23.2 Å². The monoisotopic (exact) mass is 336 g/mol. The first kappa shape index (κ1) is 17.6. The van der Waals surface area contributed by atoms with Crippen LogP contribution in [0.3, 0.4) is 0 Å². The number of methoxy groups -OCH3 is 3. The lowest BCUT2D eigenvalue weighted by Gasteiger charge is -2.36. The zero-order valence-electron chi connectivity index (χ0n) is 13.6. The highest BCUT2D eigenvalue weighted by Crippen LogP contribution is 2.37. The average molecular weight is 336 g/mol. The quantitative estimate of drug-likeness (QED) is 0.738. The van der Waals surface area contributed by atoms with E-state index < -0.39 is 29.7 Å². The second-order valence-corrected chi connectivity index (χ2v) is 5.34. The van der Waals surface area contributed by atoms with E-state index in [4.69, 9.17) is 14.2 Å². The van der Waals surface area contributed by atoms with E-state index in [-0.39, 0.29) is 11.3 Å². The maximum absolute atomic E-state index is 12.3. The van der Waals surface area contributed by atoms with Crippen molar-refractivity contribution in [1.29, 1.82) is 0 Å². The molecular formula is C16H18NO7-. The minimum atomic E-state index is -1.25. The van der Waals surface area contributed by atoms with Gasteiger partial charge in [0.25, 0.3) is 0 Å². The van der Waals surface area contributed by atoms with Crippen LogP contribution in [0.5, 0.6) is 11.5 Å². The van der Waals surface area contributed by atoms with E-state index in [9.17, 15) is 19.5 Å². The lowest BCUT2D eigenvalue weighted by molar-refractivity contribution is -0.316. The Bertz CT molecular complexity index is 671. The molecule has 0 heterocycles. The molecule has 1 N–H and O–H groups in total. The van der Waals surface area contributed by atoms with Gasteiger partial charge in [-0.25, -0.2) is 4.79 Å². The summed E-state index contributed by atoms with van der Waals surface area (Å²) >= 11 is 0. The zero-order chi connectivity index (χ0) is 17.9. The highest BCUT2D eigenvalue weighted by atomic mass is 16.5. The molecule has 1 amide bonds. The van der Waals surface area contributed by atoms with Crippen LogP contribution in [-0.4, -0.2) is 39.2 Å². The first-order valence-electron chi connectivity index (χ1n) is 7.29. The van der Waals surface area contributed by atoms with Crippen molar-refractivity contribution in [2.75, 3.05) is 26.6 Å². The van der Waals surface area contributed by atoms with E-state index in [1.165, 1.54) is 33.5 Å². The van der Waals surface area contributed by atoms with Gasteiger partial charge in [0, 0.05) is 29.9 Å². The first-order chi connectivity index (χ1) is 11.4. The van der Waals surface area contributed by atoms with Gasteiger partial charge in [-0.15, -0.1) is 0 Å². The van der Waals surface area contributed by atoms with E-state index in [1.807, 2.05) is 0 Å². The number of aliphatic carboxylic acids is 1. The molecule has 0 aliphatic heterocycles. The third-order valence-corrected chi connectivity index (χ3v) is 4.10. The molecule has 8 heteroatoms. The summed E-state index contributed by atoms with van der Waals surface area (Å²) in [4.78, 5) is 35.2. The molecule has 130 valence electrons. The highest BCUT2D eigenvalue weighted by Gasteiger charge is 2.37. The predicted molar refractivity (Wildman–Crippen MR) is 80.7 cm³/mol. The number of hydrogen-bond acceptors (Lipinski definition) is 7. The number of anilines is 1. The summed E-state index contributed by atoms with van der Waals surface area (Å²) in [5.41, 5.74) is 0.237. The van der Waals surface area contributed by atoms with Crippen LogP contribution < -0.4 is 19.9 Å². The van der Waals surface area contributed by atoms with Crippen LogP contribution in [0.2, 0.25) is 0 Å². The summed E-state index contributed by atoms with van der Waals surface area (Å²) in [6, 6.07) is 2.81. The molecule has 0 saturated heterocycles. The van der Waals surface area contributed by atoms with Gasteiger partial charge in [0.05, 0.1) is 32.6 Å². The third-order valence-electron chi connectivity index (χ3n) is 4.10. The molecule has 0 bridgehead atoms. The van der Waals surface area contributed by atoms with Crippen molar-refractivity contribution >= 4 is 23.5 Å². The Labute approximate surface area is 138 Å². The summed E-state index contributed by atoms with van der Waals surface area (Å²) in [5.74, 6) is -3.30. The van der Waals surface area contributed by atoms with E-state index >= 15 is 0 Å². The Morgan fingerprint density at radius 3 is 2.08 bits per heavy atom. The molecule has 1 aromatic carbocycles. The minimum absolute atomic E-state index is 0.0767. The average Bonchev–Trinajstić information content (AvgIpc) is 2.51. The van der Waals surface area contributed by atoms with Gasteiger partial charge >= 0.3 is 5.97 Å². The largest absolute Gasteiger partial charge is 0.550 e. The first-order valence-corrected chi connectivity index (χ1v) is 7.29. The summed E-state index contributed by atoms with van der Waals surface area (Å²) in [6.45, 7) is 0. The fourth-order valence-corrected chi connectivity index (χ4v) is 2.58. The van der Waals surface area contributed by atoms with Crippen LogP contribution in [0.25, 0.3) is 0 Å². The van der Waals surface area contributed by atoms with Gasteiger partial charge in [0.15, 0.2) is 11.5 Å². The molecule has 24 heavy (non-hydrogen) atoms. The lowest BCUT2D eigenvalue weighted by atomic mass is 9.73. The molecule has 1 fully saturated rings. The Morgan fingerprint density at radius 2 is 1.62 bits per heavy atom. The van der Waals surface area contributed by atoms with Crippen molar-refractivity contribution < 1.29 is 33.7 Å². The van der Waals surface area contributed by atoms with E-state index in [2.05, 4.69) is 5.32 Å². The van der Waals surface area contributed by atoms with Crippen LogP contribution in [0.4, 0.5) is 5.69 Å². The molecule has 0 spiro atoms. The molecule has 1 aliphatic carbocycles. The number of hydrogen-bond donors (Lipinski definition) is 1. The predicted octanol–water partition coefficient (Wildman–Crippen LogP) is 0.205. The molecule has 8 nitrogen and oxygen atoms in total. The molecule has 0 radical (unpaired) electrons. The summed E-state index contributed by atoms with van der Waals surface area (Å²) in [7, 11) is 4.04. The van der Waals surface area contributed by atoms with E-state index in [1.54, 1.807) is 0 Å². The molecular weight excluding hydrogens is 318 g/mol. The Morgan fingerprint density at radius 1 is 1.04 bits per heavy atom. The van der Waals surface area contributed by atoms with Crippen LogP contribution >= 0.6 is 0 Å². The number of esters is 1. The summed E-state index contributed by atoms with van der Waals surface area (Å²) in [6.07, 6.45) is 0.849. The lowest BCUT2D eigenvalue weighted by Crippen LogP contribution is -2.46. The standard InChI is InChI=1S/C16H19NO7/c1-22-12-6-10(16(21)24-3)11(7-13(12)23-2)17-14(18)8-4-5-9(8)15(19)20/h6-9H,4-5H2,1-3H3,(H,17,18)(H,19,20)/p-1/t8-,9-/m1/s1. The SMILES string of the molecule is COC(=O)c1cc(OC)c(OC)cc1NC(=O)[C@@H]1CC[C@H]1C(=O)[O-]. The highest BCUT2D eigenvalue weighted by molar-refractivity contribution is 6.03. The smallest absolute Gasteiger partial charge is 0.340 e. The van der Waals surface area contributed by atoms with Gasteiger partial charge in [-0.1, -0.05) is 0 Å². The fraction of sp³-hybridized carbons (Fsp3) is 0.438. The van der Waals surface area contributed by atoms with Gasteiger partial charge in [-0.3, -0.25) is 4.79 Å². The van der Waals surface area contributed by atoms with Gasteiger partial charge in [-0.2, -0.15) is 0 Å². The number of amides is 1. The van der Waals surface area contributed by atoms with Crippen molar-refractivity contribution in [3.63, 3.8) is 0 Å². The van der Waals surface area contributed by atoms with Gasteiger partial charge in [-0.05, 0) is 12.8 Å². The van der Waals surface area contributed by atoms with Gasteiger partial charge < -0.3 is 29.4 Å². The van der Waals surface area contributed by atoms with Crippen molar-refractivity contribution in [2.45, 2.75) is 12.8 Å². The topological polar surface area (TPSA) is 114 Å². The van der Waals surface area contributed by atoms with Crippen LogP contribution in [0.15, 0.2) is 12.1 Å². The van der Waals surface area contributed by atoms with Gasteiger partial charge in [0.2, 0.25) is 5.91 Å². The summed E-state index contributed by atoms with van der Waals surface area (Å²) < 4.78 is 15.0. The Balaban J connectivity index is 2.32. The number of carbonyl (C=O) groups excluding carboxylic acids is 3. The van der Waals surface area contributed by atoms with Crippen molar-refractivity contribution in [3.05, 3.63) is 17.7 Å². The number of ether oxygens (including phenoxy) is 3. The molecule has 2 atom stereocenters. The third kappa shape index (κ3) is 3.27. The molecule has 1 aliphatic rings. The van der Waals surface area contributed by atoms with E-state index in [0.717, 1.165) is 0 Å². The minimum Gasteiger partial charge on any atom is -0.550 e. The Kier molecular flexibility index (Phi) is 5.28. The second kappa shape index (κ2) is 7.20. The van der Waals surface area contributed by atoms with Crippen molar-refractivity contribution in [3.8, 4) is 11.5 Å². The molecule has 1 aromatic rings. The molecule has 0 aromatic heterocycles. The van der Waals surface area contributed by atoms with E-state index in [0.29, 0.717) is 24.3 Å². The van der Waals surface area contributed by atoms with Crippen molar-refractivity contribution in [2.24, 2.45) is 11.8 Å². The number of carbonyl (C=O) groups is 3. The zero-order valence-corrected chi connectivity index (χ0v) is 13.6. The normalized spacial score (nSPS) is 19.0. The van der Waals surface area contributed by atoms with Crippen LogP contribution in [-0.2, 0) is 14.3 Å². The maximum atomic E-state index is 12.3. The van der Waals surface area contributed by atoms with Crippen molar-refractivity contribution in [1.82, 2.24) is 0 Å². The van der Waals surface area contributed by atoms with Crippen LogP contribution in [0, 0.1) is 11.8 Å². The number of carboxylic acid groups (broad SMARTS) is 1. The number of nitrogens with one attached hydrogen (secondary N) is 1. The number of carboxylic acids is 1. The fourth-order valence-electron chi connectivity index (χ4n) is 2.58. The number of rotatable bonds is 6. The molecule has 1 saturated carbocycles. The molecule has 2 rings (SSSR count). The summed E-state index contributed by atoms with van der Waals surface area (Å²) in [5, 5.41) is 13.5. The Hall–Kier alpha value is -2.77. The molecule has 0 unspecified atom stereocenters.